The van der Waals surface area contributed by atoms with E-state index in [-0.39, 0.29) is 0 Å². The van der Waals surface area contributed by atoms with E-state index in [0.717, 1.165) is 24.8 Å². The Morgan fingerprint density at radius 1 is 1.18 bits per heavy atom. The molecule has 1 saturated heterocycles. The fourth-order valence-corrected chi connectivity index (χ4v) is 2.85. The Bertz CT molecular complexity index is 213. The van der Waals surface area contributed by atoms with Crippen molar-refractivity contribution in [1.82, 2.24) is 4.90 Å². The van der Waals surface area contributed by atoms with Crippen LogP contribution in [0.4, 0.5) is 0 Å². The zero-order valence-corrected chi connectivity index (χ0v) is 12.3. The van der Waals surface area contributed by atoms with Crippen LogP contribution in [0.1, 0.15) is 53.4 Å². The van der Waals surface area contributed by atoms with Crippen molar-refractivity contribution in [2.75, 3.05) is 26.2 Å². The molecule has 0 radical (unpaired) electrons. The van der Waals surface area contributed by atoms with Gasteiger partial charge in [0.25, 0.3) is 0 Å². The van der Waals surface area contributed by atoms with Gasteiger partial charge in [0.1, 0.15) is 0 Å². The van der Waals surface area contributed by atoms with Crippen molar-refractivity contribution in [3.8, 4) is 0 Å². The Hall–Kier alpha value is -0.0800. The molecule has 1 aliphatic heterocycles. The van der Waals surface area contributed by atoms with Gasteiger partial charge in [-0.1, -0.05) is 27.7 Å². The molecular weight excluding hydrogens is 208 g/mol. The van der Waals surface area contributed by atoms with E-state index in [2.05, 4.69) is 32.6 Å². The summed E-state index contributed by atoms with van der Waals surface area (Å²) in [6, 6.07) is 0. The lowest BCUT2D eigenvalue weighted by atomic mass is 9.84. The van der Waals surface area contributed by atoms with Crippen LogP contribution in [-0.4, -0.2) is 31.1 Å². The summed E-state index contributed by atoms with van der Waals surface area (Å²) in [6.45, 7) is 14.2. The number of rotatable bonds is 6. The van der Waals surface area contributed by atoms with Gasteiger partial charge < -0.3 is 10.6 Å². The van der Waals surface area contributed by atoms with E-state index in [0.29, 0.717) is 5.41 Å². The lowest BCUT2D eigenvalue weighted by Gasteiger charge is -2.36. The predicted octanol–water partition coefficient (Wildman–Crippen LogP) is 3.12. The molecule has 2 atom stereocenters. The molecule has 17 heavy (non-hydrogen) atoms. The van der Waals surface area contributed by atoms with Crippen molar-refractivity contribution in [1.29, 1.82) is 0 Å². The largest absolute Gasteiger partial charge is 0.330 e. The molecule has 1 aliphatic rings. The first kappa shape index (κ1) is 15.0. The summed E-state index contributed by atoms with van der Waals surface area (Å²) in [4.78, 5) is 2.66. The Labute approximate surface area is 108 Å². The normalized spacial score (nSPS) is 27.4. The zero-order valence-electron chi connectivity index (χ0n) is 12.3. The second kappa shape index (κ2) is 6.75. The summed E-state index contributed by atoms with van der Waals surface area (Å²) in [5, 5.41) is 0. The van der Waals surface area contributed by atoms with Crippen LogP contribution in [0.3, 0.4) is 0 Å². The van der Waals surface area contributed by atoms with E-state index in [1.54, 1.807) is 0 Å². The van der Waals surface area contributed by atoms with E-state index in [4.69, 9.17) is 5.73 Å². The standard InChI is InChI=1S/C15H32N2/c1-13-6-11-17(12-14(13)2)10-5-7-15(3,4)8-9-16/h13-14H,5-12,16H2,1-4H3. The van der Waals surface area contributed by atoms with Crippen LogP contribution < -0.4 is 5.73 Å². The third kappa shape index (κ3) is 5.39. The first-order valence-electron chi connectivity index (χ1n) is 7.37. The molecule has 2 N–H and O–H groups in total. The number of nitrogens with two attached hydrogens (primary N) is 1. The summed E-state index contributed by atoms with van der Waals surface area (Å²) in [7, 11) is 0. The highest BCUT2D eigenvalue weighted by molar-refractivity contribution is 4.76. The van der Waals surface area contributed by atoms with Gasteiger partial charge in [-0.05, 0) is 62.6 Å². The maximum absolute atomic E-state index is 5.65. The Kier molecular flexibility index (Phi) is 5.94. The number of piperidine rings is 1. The van der Waals surface area contributed by atoms with Crippen LogP contribution >= 0.6 is 0 Å². The number of hydrogen-bond donors (Lipinski definition) is 1. The number of nitrogens with zero attached hydrogens (tertiary/aromatic N) is 1. The molecule has 1 heterocycles. The minimum atomic E-state index is 0.434. The van der Waals surface area contributed by atoms with Gasteiger partial charge in [0.05, 0.1) is 0 Å². The SMILES string of the molecule is CC1CCN(CCCC(C)(C)CCN)CC1C. The molecule has 0 aromatic carbocycles. The van der Waals surface area contributed by atoms with Crippen LogP contribution in [0.5, 0.6) is 0 Å². The molecule has 1 fully saturated rings. The second-order valence-electron chi connectivity index (χ2n) is 6.85. The Morgan fingerprint density at radius 3 is 2.47 bits per heavy atom. The van der Waals surface area contributed by atoms with Gasteiger partial charge in [0.15, 0.2) is 0 Å². The minimum absolute atomic E-state index is 0.434. The van der Waals surface area contributed by atoms with Crippen molar-refractivity contribution in [2.24, 2.45) is 23.0 Å². The highest BCUT2D eigenvalue weighted by atomic mass is 15.1. The highest BCUT2D eigenvalue weighted by Crippen LogP contribution is 2.27. The molecule has 2 heteroatoms. The third-order valence-electron chi connectivity index (χ3n) is 4.57. The van der Waals surface area contributed by atoms with Crippen LogP contribution in [0, 0.1) is 17.3 Å². The molecule has 0 amide bonds. The van der Waals surface area contributed by atoms with E-state index in [1.807, 2.05) is 0 Å². The van der Waals surface area contributed by atoms with Crippen LogP contribution in [0.25, 0.3) is 0 Å². The molecule has 2 nitrogen and oxygen atoms in total. The van der Waals surface area contributed by atoms with Crippen LogP contribution in [-0.2, 0) is 0 Å². The lowest BCUT2D eigenvalue weighted by molar-refractivity contribution is 0.131. The summed E-state index contributed by atoms with van der Waals surface area (Å²) in [5.74, 6) is 1.79. The minimum Gasteiger partial charge on any atom is -0.330 e. The molecular formula is C15H32N2. The molecule has 0 spiro atoms. The summed E-state index contributed by atoms with van der Waals surface area (Å²) >= 11 is 0. The predicted molar refractivity (Wildman–Crippen MR) is 76.1 cm³/mol. The second-order valence-corrected chi connectivity index (χ2v) is 6.85. The van der Waals surface area contributed by atoms with E-state index in [9.17, 15) is 0 Å². The number of likely N-dealkylation sites (tertiary alicyclic amines) is 1. The average molecular weight is 240 g/mol. The summed E-state index contributed by atoms with van der Waals surface area (Å²) in [6.07, 6.45) is 5.17. The summed E-state index contributed by atoms with van der Waals surface area (Å²) in [5.41, 5.74) is 6.09. The van der Waals surface area contributed by atoms with Gasteiger partial charge >= 0.3 is 0 Å². The molecule has 102 valence electrons. The number of hydrogen-bond acceptors (Lipinski definition) is 2. The van der Waals surface area contributed by atoms with Crippen molar-refractivity contribution >= 4 is 0 Å². The molecule has 1 rings (SSSR count). The molecule has 0 bridgehead atoms. The molecule has 0 aromatic heterocycles. The average Bonchev–Trinajstić information content (AvgIpc) is 2.23. The smallest absolute Gasteiger partial charge is 0.000957 e. The van der Waals surface area contributed by atoms with Gasteiger partial charge in [-0.2, -0.15) is 0 Å². The van der Waals surface area contributed by atoms with E-state index < -0.39 is 0 Å². The first-order valence-corrected chi connectivity index (χ1v) is 7.37. The van der Waals surface area contributed by atoms with Crippen LogP contribution in [0.2, 0.25) is 0 Å². The Balaban J connectivity index is 2.19. The van der Waals surface area contributed by atoms with E-state index in [1.165, 1.54) is 38.9 Å². The van der Waals surface area contributed by atoms with Crippen LogP contribution in [0.15, 0.2) is 0 Å². The zero-order chi connectivity index (χ0) is 12.9. The molecule has 0 aromatic rings. The van der Waals surface area contributed by atoms with Gasteiger partial charge in [-0.25, -0.2) is 0 Å². The van der Waals surface area contributed by atoms with Crippen molar-refractivity contribution in [3.05, 3.63) is 0 Å². The van der Waals surface area contributed by atoms with Gasteiger partial charge in [0, 0.05) is 6.54 Å². The maximum atomic E-state index is 5.65. The van der Waals surface area contributed by atoms with Gasteiger partial charge in [-0.15, -0.1) is 0 Å². The topological polar surface area (TPSA) is 29.3 Å². The molecule has 0 aliphatic carbocycles. The monoisotopic (exact) mass is 240 g/mol. The molecule has 0 saturated carbocycles. The quantitative estimate of drug-likeness (QED) is 0.773. The van der Waals surface area contributed by atoms with E-state index >= 15 is 0 Å². The van der Waals surface area contributed by atoms with Crippen molar-refractivity contribution in [3.63, 3.8) is 0 Å². The van der Waals surface area contributed by atoms with Gasteiger partial charge in [0.2, 0.25) is 0 Å². The third-order valence-corrected chi connectivity index (χ3v) is 4.57. The Morgan fingerprint density at radius 2 is 1.88 bits per heavy atom. The fraction of sp³-hybridized carbons (Fsp3) is 1.00. The molecule has 2 unspecified atom stereocenters. The first-order chi connectivity index (χ1) is 7.94. The highest BCUT2D eigenvalue weighted by Gasteiger charge is 2.23. The summed E-state index contributed by atoms with van der Waals surface area (Å²) < 4.78 is 0. The fourth-order valence-electron chi connectivity index (χ4n) is 2.85. The maximum Gasteiger partial charge on any atom is 0.000957 e. The lowest BCUT2D eigenvalue weighted by Crippen LogP contribution is -2.39. The van der Waals surface area contributed by atoms with Gasteiger partial charge in [-0.3, -0.25) is 0 Å². The van der Waals surface area contributed by atoms with Crippen molar-refractivity contribution < 1.29 is 0 Å². The van der Waals surface area contributed by atoms with Crippen molar-refractivity contribution in [2.45, 2.75) is 53.4 Å².